The van der Waals surface area contributed by atoms with Crippen LogP contribution in [0.3, 0.4) is 0 Å². The van der Waals surface area contributed by atoms with E-state index in [0.29, 0.717) is 35.6 Å². The Kier molecular flexibility index (Phi) is 8.43. The van der Waals surface area contributed by atoms with Crippen LogP contribution in [0.25, 0.3) is 0 Å². The fourth-order valence-corrected chi connectivity index (χ4v) is 7.65. The summed E-state index contributed by atoms with van der Waals surface area (Å²) in [5.41, 5.74) is 4.74. The van der Waals surface area contributed by atoms with Crippen LogP contribution in [0.15, 0.2) is 46.9 Å². The Balaban J connectivity index is 1.73. The molecule has 2 aliphatic rings. The molecule has 4 rings (SSSR count). The molecule has 1 fully saturated rings. The third-order valence-corrected chi connectivity index (χ3v) is 9.96. The molecule has 0 N–H and O–H groups in total. The molecule has 0 spiro atoms. The van der Waals surface area contributed by atoms with Crippen molar-refractivity contribution in [1.82, 2.24) is 4.31 Å². The van der Waals surface area contributed by atoms with Crippen LogP contribution in [0.2, 0.25) is 0 Å². The molecule has 38 heavy (non-hydrogen) atoms. The second kappa shape index (κ2) is 11.4. The fraction of sp³-hybridized carbons (Fsp3) is 0.467. The minimum Gasteiger partial charge on any atom is -0.494 e. The molecule has 0 saturated carbocycles. The van der Waals surface area contributed by atoms with Gasteiger partial charge in [-0.05, 0) is 113 Å². The molecule has 1 aliphatic heterocycles. The van der Waals surface area contributed by atoms with Gasteiger partial charge in [-0.25, -0.2) is 13.3 Å². The number of nitrogens with zero attached hydrogens (tertiary/aromatic N) is 2. The van der Waals surface area contributed by atoms with Gasteiger partial charge in [-0.1, -0.05) is 17.7 Å². The van der Waals surface area contributed by atoms with E-state index in [-0.39, 0.29) is 17.9 Å². The molecule has 0 aromatic heterocycles. The quantitative estimate of drug-likeness (QED) is 0.310. The van der Waals surface area contributed by atoms with E-state index in [9.17, 15) is 18.0 Å². The number of sulfonamides is 1. The largest absolute Gasteiger partial charge is 0.494 e. The number of anilines is 1. The van der Waals surface area contributed by atoms with Gasteiger partial charge in [0.25, 0.3) is 5.91 Å². The molecule has 1 aliphatic carbocycles. The van der Waals surface area contributed by atoms with Crippen LogP contribution < -0.4 is 9.64 Å². The molecule has 0 bridgehead atoms. The molecule has 1 saturated heterocycles. The van der Waals surface area contributed by atoms with Crippen molar-refractivity contribution in [2.45, 2.75) is 84.1 Å². The minimum atomic E-state index is -4.08. The zero-order valence-corrected chi connectivity index (χ0v) is 23.9. The number of hydrogen-bond donors (Lipinski definition) is 0. The van der Waals surface area contributed by atoms with Crippen molar-refractivity contribution < 1.29 is 22.7 Å². The van der Waals surface area contributed by atoms with E-state index in [2.05, 4.69) is 6.08 Å². The number of carbonyl (C=O) groups excluding carboxylic acids is 2. The maximum absolute atomic E-state index is 14.4. The average Bonchev–Trinajstić information content (AvgIpc) is 3.17. The van der Waals surface area contributed by atoms with Crippen LogP contribution in [0.1, 0.15) is 67.7 Å². The summed E-state index contributed by atoms with van der Waals surface area (Å²) in [5, 5.41) is 0. The molecule has 1 atom stereocenters. The second-order valence-electron chi connectivity index (χ2n) is 10.3. The summed E-state index contributed by atoms with van der Waals surface area (Å²) >= 11 is 0. The monoisotopic (exact) mass is 538 g/mol. The first-order valence-electron chi connectivity index (χ1n) is 13.4. The van der Waals surface area contributed by atoms with Crippen LogP contribution in [-0.4, -0.2) is 43.7 Å². The van der Waals surface area contributed by atoms with Crippen LogP contribution in [0.4, 0.5) is 5.69 Å². The van der Waals surface area contributed by atoms with Crippen molar-refractivity contribution in [3.05, 3.63) is 64.2 Å². The van der Waals surface area contributed by atoms with Gasteiger partial charge >= 0.3 is 0 Å². The highest BCUT2D eigenvalue weighted by Gasteiger charge is 2.47. The molecule has 204 valence electrons. The second-order valence-corrected chi connectivity index (χ2v) is 12.1. The first-order chi connectivity index (χ1) is 18.1. The number of ether oxygens (including phenoxy) is 1. The summed E-state index contributed by atoms with van der Waals surface area (Å²) in [4.78, 5) is 28.3. The number of allylic oxidation sites excluding steroid dienone is 1. The Morgan fingerprint density at radius 2 is 1.66 bits per heavy atom. The van der Waals surface area contributed by atoms with Crippen molar-refractivity contribution in [2.75, 3.05) is 18.1 Å². The van der Waals surface area contributed by atoms with E-state index in [4.69, 9.17) is 4.74 Å². The molecule has 1 unspecified atom stereocenters. The van der Waals surface area contributed by atoms with Gasteiger partial charge in [-0.15, -0.1) is 0 Å². The lowest BCUT2D eigenvalue weighted by molar-refractivity contribution is -0.122. The zero-order valence-electron chi connectivity index (χ0n) is 23.0. The summed E-state index contributed by atoms with van der Waals surface area (Å²) in [6.45, 7) is 9.95. The Bertz CT molecular complexity index is 1340. The average molecular weight is 539 g/mol. The number of benzene rings is 2. The van der Waals surface area contributed by atoms with E-state index in [0.717, 1.165) is 41.7 Å². The highest BCUT2D eigenvalue weighted by molar-refractivity contribution is 7.89. The van der Waals surface area contributed by atoms with E-state index in [1.165, 1.54) is 9.88 Å². The summed E-state index contributed by atoms with van der Waals surface area (Å²) in [6.07, 6.45) is 6.69. The third kappa shape index (κ3) is 5.43. The summed E-state index contributed by atoms with van der Waals surface area (Å²) < 4.78 is 35.5. The lowest BCUT2D eigenvalue weighted by atomic mass is 9.97. The number of carbonyl (C=O) groups is 2. The number of aryl methyl sites for hydroxylation is 2. The Morgan fingerprint density at radius 1 is 1.00 bits per heavy atom. The van der Waals surface area contributed by atoms with Gasteiger partial charge in [0.15, 0.2) is 0 Å². The van der Waals surface area contributed by atoms with Gasteiger partial charge in [0.1, 0.15) is 11.8 Å². The fourth-order valence-electron chi connectivity index (χ4n) is 5.48. The molecular formula is C30H38N2O5S. The summed E-state index contributed by atoms with van der Waals surface area (Å²) in [5.74, 6) is -0.284. The molecule has 2 aromatic rings. The number of rotatable bonds is 9. The SMILES string of the molecule is CCOc1ccc(N2C(=O)CC(N(CCC3=CCCCC3)S(=O)(=O)c3c(C)c(C)cc(C)c3C)C2=O)cc1. The standard InChI is InChI=1S/C30H38N2O5S/c1-6-37-26-14-12-25(13-15-26)32-28(33)19-27(30(32)34)31(17-16-24-10-8-7-9-11-24)38(35,36)29-22(4)20(2)18-21(3)23(29)5/h10,12-15,18,27H,6-9,11,16-17,19H2,1-5H3. The Morgan fingerprint density at radius 3 is 2.24 bits per heavy atom. The third-order valence-electron chi connectivity index (χ3n) is 7.78. The minimum absolute atomic E-state index is 0.154. The van der Waals surface area contributed by atoms with Crippen LogP contribution in [0.5, 0.6) is 5.75 Å². The first kappa shape index (κ1) is 28.0. The lowest BCUT2D eigenvalue weighted by Gasteiger charge is -2.29. The van der Waals surface area contributed by atoms with Crippen molar-refractivity contribution in [3.63, 3.8) is 0 Å². The van der Waals surface area contributed by atoms with Crippen molar-refractivity contribution in [3.8, 4) is 5.75 Å². The predicted octanol–water partition coefficient (Wildman–Crippen LogP) is 5.53. The molecular weight excluding hydrogens is 500 g/mol. The topological polar surface area (TPSA) is 84.0 Å². The maximum Gasteiger partial charge on any atom is 0.252 e. The predicted molar refractivity (Wildman–Crippen MR) is 149 cm³/mol. The normalized spacial score (nSPS) is 18.3. The number of imide groups is 1. The van der Waals surface area contributed by atoms with Gasteiger partial charge < -0.3 is 4.74 Å². The van der Waals surface area contributed by atoms with Gasteiger partial charge in [0.2, 0.25) is 15.9 Å². The molecule has 0 radical (unpaired) electrons. The highest BCUT2D eigenvalue weighted by Crippen LogP contribution is 2.35. The smallest absolute Gasteiger partial charge is 0.252 e. The maximum atomic E-state index is 14.4. The molecule has 7 nitrogen and oxygen atoms in total. The van der Waals surface area contributed by atoms with E-state index in [1.807, 2.05) is 40.7 Å². The van der Waals surface area contributed by atoms with E-state index < -0.39 is 27.9 Å². The zero-order chi connectivity index (χ0) is 27.6. The van der Waals surface area contributed by atoms with Gasteiger partial charge in [0.05, 0.1) is 23.6 Å². The lowest BCUT2D eigenvalue weighted by Crippen LogP contribution is -2.46. The highest BCUT2D eigenvalue weighted by atomic mass is 32.2. The van der Waals surface area contributed by atoms with Gasteiger partial charge in [-0.2, -0.15) is 4.31 Å². The van der Waals surface area contributed by atoms with Crippen LogP contribution in [0, 0.1) is 27.7 Å². The summed E-state index contributed by atoms with van der Waals surface area (Å²) in [6, 6.07) is 7.62. The van der Waals surface area contributed by atoms with Crippen molar-refractivity contribution in [2.24, 2.45) is 0 Å². The molecule has 8 heteroatoms. The molecule has 2 amide bonds. The van der Waals surface area contributed by atoms with E-state index >= 15 is 0 Å². The first-order valence-corrected chi connectivity index (χ1v) is 14.9. The number of hydrogen-bond acceptors (Lipinski definition) is 5. The molecule has 1 heterocycles. The summed E-state index contributed by atoms with van der Waals surface area (Å²) in [7, 11) is -4.08. The van der Waals surface area contributed by atoms with Crippen LogP contribution >= 0.6 is 0 Å². The van der Waals surface area contributed by atoms with Gasteiger partial charge in [-0.3, -0.25) is 9.59 Å². The van der Waals surface area contributed by atoms with E-state index in [1.54, 1.807) is 24.3 Å². The van der Waals surface area contributed by atoms with Crippen molar-refractivity contribution >= 4 is 27.5 Å². The Labute approximate surface area is 226 Å². The number of amides is 2. The molecule has 2 aromatic carbocycles. The van der Waals surface area contributed by atoms with Crippen molar-refractivity contribution in [1.29, 1.82) is 0 Å². The van der Waals surface area contributed by atoms with Gasteiger partial charge in [0, 0.05) is 6.54 Å². The van der Waals surface area contributed by atoms with Crippen LogP contribution in [-0.2, 0) is 19.6 Å². The Hall–Kier alpha value is -2.97.